The van der Waals surface area contributed by atoms with Gasteiger partial charge in [0.15, 0.2) is 5.13 Å². The molecule has 0 unspecified atom stereocenters. The highest BCUT2D eigenvalue weighted by Gasteiger charge is 2.16. The van der Waals surface area contributed by atoms with E-state index >= 15 is 0 Å². The molecule has 1 heterocycles. The van der Waals surface area contributed by atoms with E-state index in [0.717, 1.165) is 0 Å². The fourth-order valence-corrected chi connectivity index (χ4v) is 2.69. The minimum Gasteiger partial charge on any atom is -0.495 e. The highest BCUT2D eigenvalue weighted by atomic mass is 35.5. The van der Waals surface area contributed by atoms with E-state index in [0.29, 0.717) is 33.0 Å². The zero-order valence-electron chi connectivity index (χ0n) is 11.6. The maximum Gasteiger partial charge on any atom is 0.269 e. The van der Waals surface area contributed by atoms with Gasteiger partial charge < -0.3 is 21.1 Å². The van der Waals surface area contributed by atoms with Gasteiger partial charge in [0.2, 0.25) is 0 Å². The van der Waals surface area contributed by atoms with Gasteiger partial charge in [-0.25, -0.2) is 4.98 Å². The number of nitrogens with zero attached hydrogens (tertiary/aromatic N) is 1. The molecule has 2 aromatic rings. The molecule has 4 N–H and O–H groups in total. The first kappa shape index (κ1) is 15.4. The molecule has 0 atom stereocenters. The van der Waals surface area contributed by atoms with Gasteiger partial charge in [0.05, 0.1) is 12.1 Å². The lowest BCUT2D eigenvalue weighted by Gasteiger charge is -2.07. The first-order valence-corrected chi connectivity index (χ1v) is 7.39. The Kier molecular flexibility index (Phi) is 4.87. The van der Waals surface area contributed by atoms with Crippen LogP contribution in [-0.2, 0) is 0 Å². The van der Waals surface area contributed by atoms with Crippen molar-refractivity contribution in [2.45, 2.75) is 6.92 Å². The molecule has 0 aliphatic carbocycles. The zero-order chi connectivity index (χ0) is 15.4. The number of ether oxygens (including phenoxy) is 1. The van der Waals surface area contributed by atoms with Crippen LogP contribution in [0.25, 0.3) is 0 Å². The van der Waals surface area contributed by atoms with Gasteiger partial charge in [0.1, 0.15) is 16.4 Å². The zero-order valence-corrected chi connectivity index (χ0v) is 13.1. The average molecular weight is 327 g/mol. The summed E-state index contributed by atoms with van der Waals surface area (Å²) >= 11 is 7.15. The summed E-state index contributed by atoms with van der Waals surface area (Å²) < 4.78 is 5.11. The van der Waals surface area contributed by atoms with Crippen molar-refractivity contribution in [3.05, 3.63) is 28.1 Å². The van der Waals surface area contributed by atoms with Crippen LogP contribution in [0, 0.1) is 0 Å². The van der Waals surface area contributed by atoms with Crippen molar-refractivity contribution in [2.24, 2.45) is 0 Å². The highest BCUT2D eigenvalue weighted by molar-refractivity contribution is 7.18. The Balaban J connectivity index is 2.17. The Hall–Kier alpha value is -1.99. The van der Waals surface area contributed by atoms with E-state index in [2.05, 4.69) is 15.6 Å². The number of carbonyl (C=O) groups is 1. The molecule has 2 rings (SSSR count). The largest absolute Gasteiger partial charge is 0.495 e. The molecule has 0 radical (unpaired) electrons. The Morgan fingerprint density at radius 2 is 2.29 bits per heavy atom. The Labute approximate surface area is 131 Å². The van der Waals surface area contributed by atoms with E-state index in [4.69, 9.17) is 22.1 Å². The molecule has 1 amide bonds. The number of aromatic nitrogens is 1. The van der Waals surface area contributed by atoms with Gasteiger partial charge in [0, 0.05) is 18.3 Å². The molecule has 0 saturated heterocycles. The quantitative estimate of drug-likeness (QED) is 0.785. The van der Waals surface area contributed by atoms with E-state index in [1.807, 2.05) is 6.92 Å². The number of amides is 1. The summed E-state index contributed by atoms with van der Waals surface area (Å²) in [5, 5.41) is 6.86. The molecule has 21 heavy (non-hydrogen) atoms. The van der Waals surface area contributed by atoms with E-state index in [1.165, 1.54) is 18.4 Å². The van der Waals surface area contributed by atoms with E-state index in [9.17, 15) is 4.79 Å². The first-order chi connectivity index (χ1) is 10.0. The number of halogens is 1. The van der Waals surface area contributed by atoms with Crippen LogP contribution in [0.3, 0.4) is 0 Å². The SMILES string of the molecule is CCNc1nc(N)c(C(=O)Nc2ccc(Cl)c(OC)c2)s1. The minimum atomic E-state index is -0.321. The molecule has 112 valence electrons. The predicted molar refractivity (Wildman–Crippen MR) is 86.6 cm³/mol. The van der Waals surface area contributed by atoms with Gasteiger partial charge >= 0.3 is 0 Å². The summed E-state index contributed by atoms with van der Waals surface area (Å²) in [6.45, 7) is 2.65. The standard InChI is InChI=1S/C13H15ClN4O2S/c1-3-16-13-18-11(15)10(21-13)12(19)17-7-4-5-8(14)9(6-7)20-2/h4-6H,3,15H2,1-2H3,(H,16,18)(H,17,19). The lowest BCUT2D eigenvalue weighted by atomic mass is 10.3. The summed E-state index contributed by atoms with van der Waals surface area (Å²) in [5.41, 5.74) is 6.33. The van der Waals surface area contributed by atoms with Crippen LogP contribution in [0.15, 0.2) is 18.2 Å². The molecule has 8 heteroatoms. The van der Waals surface area contributed by atoms with Crippen molar-refractivity contribution in [1.29, 1.82) is 0 Å². The minimum absolute atomic E-state index is 0.203. The van der Waals surface area contributed by atoms with Gasteiger partial charge in [-0.2, -0.15) is 0 Å². The van der Waals surface area contributed by atoms with Gasteiger partial charge in [-0.15, -0.1) is 0 Å². The lowest BCUT2D eigenvalue weighted by Crippen LogP contribution is -2.12. The third-order valence-electron chi connectivity index (χ3n) is 2.60. The second kappa shape index (κ2) is 6.64. The van der Waals surface area contributed by atoms with Crippen LogP contribution < -0.4 is 21.1 Å². The molecule has 6 nitrogen and oxygen atoms in total. The van der Waals surface area contributed by atoms with Gasteiger partial charge in [-0.1, -0.05) is 22.9 Å². The van der Waals surface area contributed by atoms with E-state index < -0.39 is 0 Å². The number of benzene rings is 1. The predicted octanol–water partition coefficient (Wildman–Crippen LogP) is 3.07. The second-order valence-electron chi connectivity index (χ2n) is 4.07. The summed E-state index contributed by atoms with van der Waals surface area (Å²) in [7, 11) is 1.51. The number of rotatable bonds is 5. The van der Waals surface area contributed by atoms with Crippen LogP contribution in [0.4, 0.5) is 16.6 Å². The number of nitrogen functional groups attached to an aromatic ring is 1. The summed E-state index contributed by atoms with van der Waals surface area (Å²) in [6, 6.07) is 4.98. The summed E-state index contributed by atoms with van der Waals surface area (Å²) in [4.78, 5) is 16.7. The number of hydrogen-bond acceptors (Lipinski definition) is 6. The lowest BCUT2D eigenvalue weighted by molar-refractivity contribution is 0.103. The van der Waals surface area contributed by atoms with Crippen molar-refractivity contribution in [2.75, 3.05) is 30.0 Å². The van der Waals surface area contributed by atoms with Crippen molar-refractivity contribution in [3.63, 3.8) is 0 Å². The third kappa shape index (κ3) is 3.56. The van der Waals surface area contributed by atoms with E-state index in [-0.39, 0.29) is 11.7 Å². The van der Waals surface area contributed by atoms with E-state index in [1.54, 1.807) is 18.2 Å². The first-order valence-electron chi connectivity index (χ1n) is 6.20. The number of thiazole rings is 1. The molecule has 0 bridgehead atoms. The molecule has 1 aromatic carbocycles. The van der Waals surface area contributed by atoms with Crippen molar-refractivity contribution in [1.82, 2.24) is 4.98 Å². The van der Waals surface area contributed by atoms with Crippen molar-refractivity contribution in [3.8, 4) is 5.75 Å². The fraction of sp³-hybridized carbons (Fsp3) is 0.231. The topological polar surface area (TPSA) is 89.3 Å². The second-order valence-corrected chi connectivity index (χ2v) is 5.47. The Morgan fingerprint density at radius 1 is 1.52 bits per heavy atom. The number of hydrogen-bond donors (Lipinski definition) is 3. The molecule has 0 aliphatic rings. The number of methoxy groups -OCH3 is 1. The normalized spacial score (nSPS) is 10.2. The molecule has 0 aliphatic heterocycles. The molecule has 0 saturated carbocycles. The average Bonchev–Trinajstić information content (AvgIpc) is 2.82. The Morgan fingerprint density at radius 3 is 2.95 bits per heavy atom. The van der Waals surface area contributed by atoms with Crippen molar-refractivity contribution >= 4 is 45.5 Å². The van der Waals surface area contributed by atoms with Gasteiger partial charge in [-0.05, 0) is 19.1 Å². The molecule has 0 spiro atoms. The maximum absolute atomic E-state index is 12.2. The molecular weight excluding hydrogens is 312 g/mol. The van der Waals surface area contributed by atoms with Crippen LogP contribution in [-0.4, -0.2) is 24.5 Å². The smallest absolute Gasteiger partial charge is 0.269 e. The monoisotopic (exact) mass is 326 g/mol. The third-order valence-corrected chi connectivity index (χ3v) is 3.94. The summed E-state index contributed by atoms with van der Waals surface area (Å²) in [6.07, 6.45) is 0. The van der Waals surface area contributed by atoms with Crippen LogP contribution in [0.1, 0.15) is 16.6 Å². The molecule has 0 fully saturated rings. The van der Waals surface area contributed by atoms with Crippen molar-refractivity contribution < 1.29 is 9.53 Å². The fourth-order valence-electron chi connectivity index (χ4n) is 1.65. The van der Waals surface area contributed by atoms with Crippen LogP contribution >= 0.6 is 22.9 Å². The molecule has 1 aromatic heterocycles. The van der Waals surface area contributed by atoms with Crippen LogP contribution in [0.5, 0.6) is 5.75 Å². The number of anilines is 3. The maximum atomic E-state index is 12.2. The Bertz CT molecular complexity index is 660. The number of nitrogens with two attached hydrogens (primary N) is 1. The van der Waals surface area contributed by atoms with Gasteiger partial charge in [-0.3, -0.25) is 4.79 Å². The van der Waals surface area contributed by atoms with Crippen LogP contribution in [0.2, 0.25) is 5.02 Å². The number of carbonyl (C=O) groups excluding carboxylic acids is 1. The highest BCUT2D eigenvalue weighted by Crippen LogP contribution is 2.29. The summed E-state index contributed by atoms with van der Waals surface area (Å²) in [5.74, 6) is 0.369. The molecular formula is C13H15ClN4O2S. The number of nitrogens with one attached hydrogen (secondary N) is 2. The van der Waals surface area contributed by atoms with Gasteiger partial charge in [0.25, 0.3) is 5.91 Å².